The Morgan fingerprint density at radius 3 is 1.87 bits per heavy atom. The molecule has 0 radical (unpaired) electrons. The first-order chi connectivity index (χ1) is 7.27. The van der Waals surface area contributed by atoms with Crippen LogP contribution in [0.3, 0.4) is 0 Å². The molecule has 0 atom stereocenters. The molecule has 0 N–H and O–H groups in total. The number of hydrogen-bond donors (Lipinski definition) is 0. The third-order valence-corrected chi connectivity index (χ3v) is 2.96. The van der Waals surface area contributed by atoms with Crippen LogP contribution >= 0.6 is 11.8 Å². The molecule has 0 spiro atoms. The molecular formula is C13H14NS+. The van der Waals surface area contributed by atoms with Gasteiger partial charge in [-0.3, -0.25) is 0 Å². The fourth-order valence-corrected chi connectivity index (χ4v) is 2.01. The third kappa shape index (κ3) is 2.39. The van der Waals surface area contributed by atoms with Crippen molar-refractivity contribution in [1.29, 1.82) is 0 Å². The van der Waals surface area contributed by atoms with E-state index in [-0.39, 0.29) is 0 Å². The van der Waals surface area contributed by atoms with Crippen molar-refractivity contribution in [3.8, 4) is 0 Å². The summed E-state index contributed by atoms with van der Waals surface area (Å²) in [7, 11) is 4.11. The first-order valence-corrected chi connectivity index (χ1v) is 5.85. The molecule has 0 aromatic carbocycles. The first-order valence-electron chi connectivity index (χ1n) is 4.90. The van der Waals surface area contributed by atoms with Gasteiger partial charge in [0, 0.05) is 12.2 Å². The van der Waals surface area contributed by atoms with Gasteiger partial charge in [-0.2, -0.15) is 0 Å². The predicted molar refractivity (Wildman–Crippen MR) is 68.3 cm³/mol. The van der Waals surface area contributed by atoms with Gasteiger partial charge in [-0.25, -0.2) is 4.58 Å². The second kappa shape index (κ2) is 4.49. The second-order valence-electron chi connectivity index (χ2n) is 3.64. The van der Waals surface area contributed by atoms with Gasteiger partial charge in [-0.15, -0.1) is 11.8 Å². The highest BCUT2D eigenvalue weighted by Crippen LogP contribution is 2.21. The smallest absolute Gasteiger partial charge is 0.199 e. The zero-order chi connectivity index (χ0) is 10.7. The summed E-state index contributed by atoms with van der Waals surface area (Å²) in [6.45, 7) is 0. The van der Waals surface area contributed by atoms with Crippen LogP contribution in [-0.2, 0) is 0 Å². The largest absolute Gasteiger partial charge is 0.235 e. The van der Waals surface area contributed by atoms with Crippen molar-refractivity contribution in [3.05, 3.63) is 58.4 Å². The molecule has 1 heterocycles. The first kappa shape index (κ1) is 10.2. The standard InChI is InChI=1S/C13H14NS/c1-14(2)13-5-3-11(4-6-13)12-7-9-15-10-8-12/h3-10H,1-2H3/q+1. The van der Waals surface area contributed by atoms with E-state index in [1.165, 1.54) is 16.9 Å². The molecule has 0 saturated heterocycles. The zero-order valence-corrected chi connectivity index (χ0v) is 9.79. The zero-order valence-electron chi connectivity index (χ0n) is 8.97. The summed E-state index contributed by atoms with van der Waals surface area (Å²) in [6, 6.07) is 0. The summed E-state index contributed by atoms with van der Waals surface area (Å²) in [5, 5.41) is 4.21. The van der Waals surface area contributed by atoms with Crippen LogP contribution in [0.2, 0.25) is 0 Å². The summed E-state index contributed by atoms with van der Waals surface area (Å²) >= 11 is 1.71. The third-order valence-electron chi connectivity index (χ3n) is 2.37. The van der Waals surface area contributed by atoms with Crippen LogP contribution < -0.4 is 0 Å². The number of nitrogens with zero attached hydrogens (tertiary/aromatic N) is 1. The van der Waals surface area contributed by atoms with Gasteiger partial charge in [0.1, 0.15) is 14.1 Å². The maximum atomic E-state index is 2.16. The number of rotatable bonds is 0. The quantitative estimate of drug-likeness (QED) is 0.563. The van der Waals surface area contributed by atoms with E-state index in [0.29, 0.717) is 0 Å². The lowest BCUT2D eigenvalue weighted by atomic mass is 10.0. The fraction of sp³-hybridized carbons (Fsp3) is 0.154. The Balaban J connectivity index is 2.31. The summed E-state index contributed by atoms with van der Waals surface area (Å²) in [6.07, 6.45) is 12.9. The predicted octanol–water partition coefficient (Wildman–Crippen LogP) is 2.90. The van der Waals surface area contributed by atoms with Gasteiger partial charge in [-0.05, 0) is 46.3 Å². The maximum Gasteiger partial charge on any atom is 0.199 e. The Bertz CT molecular complexity index is 409. The van der Waals surface area contributed by atoms with Crippen LogP contribution in [-0.4, -0.2) is 24.4 Å². The van der Waals surface area contributed by atoms with E-state index in [2.05, 4.69) is 65.9 Å². The Labute approximate surface area is 94.9 Å². The van der Waals surface area contributed by atoms with Gasteiger partial charge in [0.05, 0.1) is 0 Å². The molecule has 0 bridgehead atoms. The number of thioether (sulfide) groups is 1. The summed E-state index contributed by atoms with van der Waals surface area (Å²) in [5.74, 6) is 0. The molecule has 15 heavy (non-hydrogen) atoms. The van der Waals surface area contributed by atoms with Gasteiger partial charge in [0.2, 0.25) is 0 Å². The van der Waals surface area contributed by atoms with Crippen LogP contribution in [0.4, 0.5) is 0 Å². The SMILES string of the molecule is C[N+](C)=C1C=CC(=C2C=CSC=C2)C=C1. The minimum Gasteiger partial charge on any atom is -0.235 e. The van der Waals surface area contributed by atoms with E-state index >= 15 is 0 Å². The van der Waals surface area contributed by atoms with Crippen LogP contribution in [0, 0.1) is 0 Å². The van der Waals surface area contributed by atoms with Gasteiger partial charge in [-0.1, -0.05) is 0 Å². The minimum atomic E-state index is 1.23. The van der Waals surface area contributed by atoms with Crippen molar-refractivity contribution >= 4 is 17.5 Å². The maximum absolute atomic E-state index is 2.16. The van der Waals surface area contributed by atoms with E-state index in [9.17, 15) is 0 Å². The fourth-order valence-electron chi connectivity index (χ4n) is 1.47. The molecule has 76 valence electrons. The lowest BCUT2D eigenvalue weighted by molar-refractivity contribution is -0.462. The van der Waals surface area contributed by atoms with E-state index in [0.717, 1.165) is 0 Å². The molecule has 2 aliphatic rings. The van der Waals surface area contributed by atoms with Gasteiger partial charge in [0.15, 0.2) is 5.71 Å². The highest BCUT2D eigenvalue weighted by Gasteiger charge is 2.06. The normalized spacial score (nSPS) is 18.9. The van der Waals surface area contributed by atoms with Gasteiger partial charge < -0.3 is 0 Å². The molecule has 0 fully saturated rings. The van der Waals surface area contributed by atoms with Crippen molar-refractivity contribution in [2.45, 2.75) is 0 Å². The molecule has 0 aromatic rings. The molecule has 1 aliphatic heterocycles. The molecule has 2 rings (SSSR count). The molecule has 0 amide bonds. The molecule has 1 aliphatic carbocycles. The van der Waals surface area contributed by atoms with Crippen molar-refractivity contribution in [1.82, 2.24) is 0 Å². The summed E-state index contributed by atoms with van der Waals surface area (Å²) < 4.78 is 2.11. The van der Waals surface area contributed by atoms with E-state index < -0.39 is 0 Å². The molecule has 2 heteroatoms. The minimum absolute atomic E-state index is 1.23. The number of hydrogen-bond acceptors (Lipinski definition) is 1. The van der Waals surface area contributed by atoms with Crippen LogP contribution in [0.15, 0.2) is 58.4 Å². The van der Waals surface area contributed by atoms with Crippen LogP contribution in [0.25, 0.3) is 0 Å². The van der Waals surface area contributed by atoms with Crippen molar-refractivity contribution in [2.75, 3.05) is 14.1 Å². The molecule has 0 aromatic heterocycles. The average molecular weight is 216 g/mol. The summed E-state index contributed by atoms with van der Waals surface area (Å²) in [4.78, 5) is 0. The molecule has 0 saturated carbocycles. The van der Waals surface area contributed by atoms with E-state index in [4.69, 9.17) is 0 Å². The number of allylic oxidation sites excluding steroid dienone is 8. The lowest BCUT2D eigenvalue weighted by Gasteiger charge is -2.06. The van der Waals surface area contributed by atoms with Crippen LogP contribution in [0.5, 0.6) is 0 Å². The van der Waals surface area contributed by atoms with Crippen molar-refractivity contribution < 1.29 is 4.58 Å². The summed E-state index contributed by atoms with van der Waals surface area (Å²) in [5.41, 5.74) is 3.78. The molecule has 1 nitrogen and oxygen atoms in total. The second-order valence-corrected chi connectivity index (χ2v) is 4.45. The van der Waals surface area contributed by atoms with Crippen LogP contribution in [0.1, 0.15) is 0 Å². The highest BCUT2D eigenvalue weighted by atomic mass is 32.2. The average Bonchev–Trinajstić information content (AvgIpc) is 2.30. The molecular weight excluding hydrogens is 202 g/mol. The Morgan fingerprint density at radius 1 is 0.800 bits per heavy atom. The lowest BCUT2D eigenvalue weighted by Crippen LogP contribution is -2.09. The highest BCUT2D eigenvalue weighted by molar-refractivity contribution is 8.04. The van der Waals surface area contributed by atoms with Gasteiger partial charge in [0.25, 0.3) is 0 Å². The van der Waals surface area contributed by atoms with Crippen molar-refractivity contribution in [3.63, 3.8) is 0 Å². The van der Waals surface area contributed by atoms with E-state index in [1.54, 1.807) is 11.8 Å². The Hall–Kier alpha value is -1.28. The Kier molecular flexibility index (Phi) is 3.07. The monoisotopic (exact) mass is 216 g/mol. The molecule has 0 unspecified atom stereocenters. The van der Waals surface area contributed by atoms with Gasteiger partial charge >= 0.3 is 0 Å². The van der Waals surface area contributed by atoms with Crippen molar-refractivity contribution in [2.24, 2.45) is 0 Å². The van der Waals surface area contributed by atoms with E-state index in [1.807, 2.05) is 0 Å². The topological polar surface area (TPSA) is 3.01 Å². The Morgan fingerprint density at radius 2 is 1.33 bits per heavy atom.